The second-order valence-corrected chi connectivity index (χ2v) is 10.3. The van der Waals surface area contributed by atoms with Gasteiger partial charge in [0.05, 0.1) is 11.3 Å². The minimum Gasteiger partial charge on any atom is -0.397 e. The lowest BCUT2D eigenvalue weighted by Gasteiger charge is -2.16. The molecule has 4 aromatic rings. The SMILES string of the molecule is NC(=O)c1c(NC(=O)c2sc3nc4c(cc3c2N)CCC4)sc2c1-c1ccccc1CC2. The number of fused-ring (bicyclic) bond motifs is 5. The molecule has 0 fully saturated rings. The fourth-order valence-corrected chi connectivity index (χ4v) is 7.02. The van der Waals surface area contributed by atoms with Crippen LogP contribution in [0.5, 0.6) is 0 Å². The molecule has 160 valence electrons. The Balaban J connectivity index is 1.41. The van der Waals surface area contributed by atoms with Gasteiger partial charge in [0, 0.05) is 21.5 Å². The van der Waals surface area contributed by atoms with E-state index in [0.29, 0.717) is 21.1 Å². The fraction of sp³-hybridized carbons (Fsp3) is 0.208. The summed E-state index contributed by atoms with van der Waals surface area (Å²) < 4.78 is 0. The predicted molar refractivity (Wildman–Crippen MR) is 130 cm³/mol. The van der Waals surface area contributed by atoms with Crippen LogP contribution in [-0.2, 0) is 25.7 Å². The van der Waals surface area contributed by atoms with Gasteiger partial charge in [-0.1, -0.05) is 24.3 Å². The third kappa shape index (κ3) is 2.87. The van der Waals surface area contributed by atoms with Gasteiger partial charge in [0.2, 0.25) is 0 Å². The van der Waals surface area contributed by atoms with E-state index in [9.17, 15) is 9.59 Å². The molecule has 32 heavy (non-hydrogen) atoms. The first-order valence-electron chi connectivity index (χ1n) is 10.6. The van der Waals surface area contributed by atoms with Gasteiger partial charge in [-0.15, -0.1) is 22.7 Å². The monoisotopic (exact) mass is 460 g/mol. The minimum atomic E-state index is -0.545. The third-order valence-electron chi connectivity index (χ3n) is 6.32. The van der Waals surface area contributed by atoms with Crippen molar-refractivity contribution in [3.05, 3.63) is 62.5 Å². The zero-order valence-corrected chi connectivity index (χ0v) is 18.8. The van der Waals surface area contributed by atoms with Crippen LogP contribution in [0, 0.1) is 0 Å². The molecule has 2 aliphatic carbocycles. The van der Waals surface area contributed by atoms with E-state index in [0.717, 1.165) is 64.0 Å². The van der Waals surface area contributed by atoms with Crippen LogP contribution in [0.25, 0.3) is 21.3 Å². The number of nitrogen functional groups attached to an aromatic ring is 1. The van der Waals surface area contributed by atoms with Crippen molar-refractivity contribution in [1.29, 1.82) is 0 Å². The van der Waals surface area contributed by atoms with Gasteiger partial charge < -0.3 is 16.8 Å². The van der Waals surface area contributed by atoms with Crippen LogP contribution in [0.15, 0.2) is 30.3 Å². The molecule has 0 aliphatic heterocycles. The summed E-state index contributed by atoms with van der Waals surface area (Å²) in [6.07, 6.45) is 4.78. The Labute approximate surface area is 192 Å². The number of nitrogens with two attached hydrogens (primary N) is 2. The van der Waals surface area contributed by atoms with Crippen LogP contribution in [0.1, 0.15) is 48.1 Å². The first kappa shape index (κ1) is 19.5. The zero-order chi connectivity index (χ0) is 22.0. The van der Waals surface area contributed by atoms with Crippen LogP contribution < -0.4 is 16.8 Å². The fourth-order valence-electron chi connectivity index (χ4n) is 4.82. The van der Waals surface area contributed by atoms with Crippen molar-refractivity contribution in [2.24, 2.45) is 5.73 Å². The molecular weight excluding hydrogens is 440 g/mol. The molecule has 0 bridgehead atoms. The average molecular weight is 461 g/mol. The molecule has 0 saturated heterocycles. The number of aryl methyl sites for hydroxylation is 4. The van der Waals surface area contributed by atoms with Crippen LogP contribution >= 0.6 is 22.7 Å². The molecule has 8 heteroatoms. The van der Waals surface area contributed by atoms with Crippen LogP contribution in [-0.4, -0.2) is 16.8 Å². The smallest absolute Gasteiger partial charge is 0.268 e. The minimum absolute atomic E-state index is 0.333. The van der Waals surface area contributed by atoms with Crippen molar-refractivity contribution in [3.8, 4) is 11.1 Å². The van der Waals surface area contributed by atoms with Gasteiger partial charge in [-0.05, 0) is 54.9 Å². The third-order valence-corrected chi connectivity index (χ3v) is 8.60. The van der Waals surface area contributed by atoms with E-state index < -0.39 is 5.91 Å². The number of nitrogens with one attached hydrogen (secondary N) is 1. The number of pyridine rings is 1. The predicted octanol–water partition coefficient (Wildman–Crippen LogP) is 4.55. The summed E-state index contributed by atoms with van der Waals surface area (Å²) in [6.45, 7) is 0. The average Bonchev–Trinajstić information content (AvgIpc) is 3.47. The molecule has 0 atom stereocenters. The number of hydrogen-bond acceptors (Lipinski definition) is 6. The quantitative estimate of drug-likeness (QED) is 0.417. The number of anilines is 2. The first-order chi connectivity index (χ1) is 15.5. The number of hydrogen-bond donors (Lipinski definition) is 3. The molecule has 0 spiro atoms. The molecule has 2 aliphatic rings. The van der Waals surface area contributed by atoms with Gasteiger partial charge in [-0.25, -0.2) is 4.98 Å². The van der Waals surface area contributed by atoms with E-state index in [1.165, 1.54) is 33.8 Å². The molecule has 3 aromatic heterocycles. The number of rotatable bonds is 3. The summed E-state index contributed by atoms with van der Waals surface area (Å²) >= 11 is 2.72. The van der Waals surface area contributed by atoms with Crippen LogP contribution in [0.2, 0.25) is 0 Å². The Morgan fingerprint density at radius 3 is 2.72 bits per heavy atom. The van der Waals surface area contributed by atoms with Gasteiger partial charge in [-0.2, -0.15) is 0 Å². The van der Waals surface area contributed by atoms with Crippen LogP contribution in [0.4, 0.5) is 10.7 Å². The number of benzene rings is 1. The van der Waals surface area contributed by atoms with E-state index in [1.54, 1.807) is 0 Å². The largest absolute Gasteiger partial charge is 0.397 e. The second-order valence-electron chi connectivity index (χ2n) is 8.23. The lowest BCUT2D eigenvalue weighted by molar-refractivity contribution is 0.100. The van der Waals surface area contributed by atoms with E-state index in [-0.39, 0.29) is 5.91 Å². The maximum atomic E-state index is 13.2. The van der Waals surface area contributed by atoms with Gasteiger partial charge in [0.15, 0.2) is 0 Å². The molecule has 6 nitrogen and oxygen atoms in total. The van der Waals surface area contributed by atoms with Crippen molar-refractivity contribution in [3.63, 3.8) is 0 Å². The molecule has 0 unspecified atom stereocenters. The van der Waals surface area contributed by atoms with Gasteiger partial charge in [0.25, 0.3) is 11.8 Å². The number of nitrogens with zero attached hydrogens (tertiary/aromatic N) is 1. The van der Waals surface area contributed by atoms with Gasteiger partial charge in [0.1, 0.15) is 14.7 Å². The summed E-state index contributed by atoms with van der Waals surface area (Å²) in [5, 5.41) is 4.25. The lowest BCUT2D eigenvalue weighted by Crippen LogP contribution is -2.18. The Morgan fingerprint density at radius 2 is 1.88 bits per heavy atom. The number of aromatic nitrogens is 1. The lowest BCUT2D eigenvalue weighted by atomic mass is 9.88. The second kappa shape index (κ2) is 7.15. The van der Waals surface area contributed by atoms with E-state index in [1.807, 2.05) is 18.2 Å². The number of primary amides is 1. The highest BCUT2D eigenvalue weighted by atomic mass is 32.1. The Hall–Kier alpha value is -3.23. The highest BCUT2D eigenvalue weighted by Gasteiger charge is 2.29. The number of thiophene rings is 2. The Morgan fingerprint density at radius 1 is 1.03 bits per heavy atom. The van der Waals surface area contributed by atoms with Crippen molar-refractivity contribution >= 4 is 55.4 Å². The molecule has 2 amide bonds. The highest BCUT2D eigenvalue weighted by molar-refractivity contribution is 7.21. The summed E-state index contributed by atoms with van der Waals surface area (Å²) in [7, 11) is 0. The molecule has 5 N–H and O–H groups in total. The van der Waals surface area contributed by atoms with Crippen molar-refractivity contribution in [1.82, 2.24) is 4.98 Å². The molecule has 1 aromatic carbocycles. The maximum Gasteiger partial charge on any atom is 0.268 e. The Bertz CT molecular complexity index is 1450. The molecule has 0 saturated carbocycles. The van der Waals surface area contributed by atoms with E-state index in [4.69, 9.17) is 16.5 Å². The maximum absolute atomic E-state index is 13.2. The van der Waals surface area contributed by atoms with Crippen LogP contribution in [0.3, 0.4) is 0 Å². The van der Waals surface area contributed by atoms with Crippen molar-refractivity contribution < 1.29 is 9.59 Å². The molecule has 0 radical (unpaired) electrons. The first-order valence-corrected chi connectivity index (χ1v) is 12.2. The normalized spacial score (nSPS) is 14.1. The summed E-state index contributed by atoms with van der Waals surface area (Å²) in [6, 6.07) is 10.1. The van der Waals surface area contributed by atoms with Crippen molar-refractivity contribution in [2.75, 3.05) is 11.1 Å². The highest BCUT2D eigenvalue weighted by Crippen LogP contribution is 2.45. The van der Waals surface area contributed by atoms with E-state index >= 15 is 0 Å². The summed E-state index contributed by atoms with van der Waals surface area (Å²) in [5.41, 5.74) is 18.3. The molecular formula is C24H20N4O2S2. The number of carbonyl (C=O) groups excluding carboxylic acids is 2. The van der Waals surface area contributed by atoms with Crippen molar-refractivity contribution in [2.45, 2.75) is 32.1 Å². The summed E-state index contributed by atoms with van der Waals surface area (Å²) in [4.78, 5) is 32.7. The molecule has 6 rings (SSSR count). The number of carbonyl (C=O) groups is 2. The number of amides is 2. The molecule has 3 heterocycles. The van der Waals surface area contributed by atoms with Gasteiger partial charge >= 0.3 is 0 Å². The van der Waals surface area contributed by atoms with E-state index in [2.05, 4.69) is 17.4 Å². The Kier molecular flexibility index (Phi) is 4.34. The standard InChI is InChI=1S/C24H20N4O2S2/c25-19-14-10-12-5-3-7-15(12)27-23(14)32-20(19)22(30)28-24-18(21(26)29)17-13-6-2-1-4-11(13)8-9-16(17)31-24/h1-2,4,6,10H,3,5,7-9,25H2,(H2,26,29)(H,28,30). The summed E-state index contributed by atoms with van der Waals surface area (Å²) in [5.74, 6) is -0.878. The topological polar surface area (TPSA) is 111 Å². The van der Waals surface area contributed by atoms with Gasteiger partial charge in [-0.3, -0.25) is 9.59 Å². The zero-order valence-electron chi connectivity index (χ0n) is 17.2.